The summed E-state index contributed by atoms with van der Waals surface area (Å²) < 4.78 is 40.0. The molecule has 26 heavy (non-hydrogen) atoms. The number of piperazine rings is 1. The van der Waals surface area contributed by atoms with E-state index in [9.17, 15) is 18.0 Å². The van der Waals surface area contributed by atoms with Crippen LogP contribution in [-0.2, 0) is 4.79 Å². The third kappa shape index (κ3) is 3.80. The zero-order chi connectivity index (χ0) is 18.7. The first-order chi connectivity index (χ1) is 12.5. The van der Waals surface area contributed by atoms with Gasteiger partial charge in [0, 0.05) is 32.4 Å². The lowest BCUT2D eigenvalue weighted by Crippen LogP contribution is -2.53. The fourth-order valence-corrected chi connectivity index (χ4v) is 2.90. The van der Waals surface area contributed by atoms with Crippen LogP contribution in [-0.4, -0.2) is 48.0 Å². The Morgan fingerprint density at radius 2 is 1.81 bits per heavy atom. The first-order valence-corrected chi connectivity index (χ1v) is 8.31. The van der Waals surface area contributed by atoms with Gasteiger partial charge in [0.1, 0.15) is 5.82 Å². The highest BCUT2D eigenvalue weighted by Gasteiger charge is 2.27. The molecule has 8 heteroatoms. The van der Waals surface area contributed by atoms with Crippen LogP contribution in [0.15, 0.2) is 36.5 Å². The van der Waals surface area contributed by atoms with E-state index in [1.54, 1.807) is 13.1 Å². The van der Waals surface area contributed by atoms with Crippen molar-refractivity contribution >= 4 is 17.4 Å². The number of carbonyl (C=O) groups is 1. The highest BCUT2D eigenvalue weighted by atomic mass is 19.2. The second kappa shape index (κ2) is 7.74. The van der Waals surface area contributed by atoms with Crippen molar-refractivity contribution in [1.29, 1.82) is 0 Å². The Labute approximate surface area is 149 Å². The zero-order valence-electron chi connectivity index (χ0n) is 14.3. The summed E-state index contributed by atoms with van der Waals surface area (Å²) in [7, 11) is 0. The van der Waals surface area contributed by atoms with E-state index in [0.29, 0.717) is 26.2 Å². The summed E-state index contributed by atoms with van der Waals surface area (Å²) in [6, 6.07) is 6.96. The predicted octanol–water partition coefficient (Wildman–Crippen LogP) is 2.65. The van der Waals surface area contributed by atoms with Gasteiger partial charge in [0.25, 0.3) is 0 Å². The van der Waals surface area contributed by atoms with Gasteiger partial charge in [-0.3, -0.25) is 9.69 Å². The van der Waals surface area contributed by atoms with Gasteiger partial charge in [0.05, 0.1) is 11.7 Å². The number of hydrogen-bond donors (Lipinski definition) is 1. The predicted molar refractivity (Wildman–Crippen MR) is 92.4 cm³/mol. The van der Waals surface area contributed by atoms with Crippen LogP contribution in [0.25, 0.3) is 0 Å². The largest absolute Gasteiger partial charge is 0.354 e. The van der Waals surface area contributed by atoms with Gasteiger partial charge in [-0.2, -0.15) is 0 Å². The highest BCUT2D eigenvalue weighted by Crippen LogP contribution is 2.20. The summed E-state index contributed by atoms with van der Waals surface area (Å²) in [6.45, 7) is 4.36. The van der Waals surface area contributed by atoms with Crippen molar-refractivity contribution < 1.29 is 18.0 Å². The highest BCUT2D eigenvalue weighted by molar-refractivity contribution is 5.94. The van der Waals surface area contributed by atoms with Crippen molar-refractivity contribution in [3.05, 3.63) is 54.0 Å². The van der Waals surface area contributed by atoms with E-state index in [2.05, 4.69) is 15.2 Å². The summed E-state index contributed by atoms with van der Waals surface area (Å²) in [5.74, 6) is -3.88. The molecule has 2 aromatic rings. The van der Waals surface area contributed by atoms with Crippen LogP contribution >= 0.6 is 0 Å². The maximum Gasteiger partial charge on any atom is 0.241 e. The van der Waals surface area contributed by atoms with E-state index in [0.717, 1.165) is 18.0 Å². The molecule has 1 aromatic carbocycles. The number of nitrogens with one attached hydrogen (secondary N) is 1. The fourth-order valence-electron chi connectivity index (χ4n) is 2.90. The molecule has 0 unspecified atom stereocenters. The van der Waals surface area contributed by atoms with Crippen LogP contribution in [0.4, 0.5) is 24.7 Å². The molecule has 0 spiro atoms. The SMILES string of the molecule is C[C@H](C(=O)Nc1ccc(F)c(F)c1F)N1CCN(c2ccccn2)CC1. The van der Waals surface area contributed by atoms with E-state index in [4.69, 9.17) is 0 Å². The third-order valence-electron chi connectivity index (χ3n) is 4.51. The first-order valence-electron chi connectivity index (χ1n) is 8.31. The molecule has 1 fully saturated rings. The number of hydrogen-bond acceptors (Lipinski definition) is 4. The van der Waals surface area contributed by atoms with Gasteiger partial charge < -0.3 is 10.2 Å². The molecular weight excluding hydrogens is 345 g/mol. The van der Waals surface area contributed by atoms with Crippen molar-refractivity contribution in [3.8, 4) is 0 Å². The third-order valence-corrected chi connectivity index (χ3v) is 4.51. The van der Waals surface area contributed by atoms with Crippen LogP contribution in [0, 0.1) is 17.5 Å². The Bertz CT molecular complexity index is 780. The zero-order valence-corrected chi connectivity index (χ0v) is 14.3. The summed E-state index contributed by atoms with van der Waals surface area (Å²) in [6.07, 6.45) is 1.73. The molecule has 1 aliphatic rings. The number of halogens is 3. The van der Waals surface area contributed by atoms with Crippen molar-refractivity contribution in [2.45, 2.75) is 13.0 Å². The van der Waals surface area contributed by atoms with E-state index in [1.807, 2.05) is 23.1 Å². The molecule has 1 amide bonds. The molecule has 138 valence electrons. The van der Waals surface area contributed by atoms with Gasteiger partial charge in [-0.05, 0) is 31.2 Å². The topological polar surface area (TPSA) is 48.5 Å². The van der Waals surface area contributed by atoms with Gasteiger partial charge in [0.2, 0.25) is 5.91 Å². The molecule has 0 saturated carbocycles. The van der Waals surface area contributed by atoms with Crippen LogP contribution in [0.1, 0.15) is 6.92 Å². The van der Waals surface area contributed by atoms with Crippen molar-refractivity contribution in [3.63, 3.8) is 0 Å². The second-order valence-corrected chi connectivity index (χ2v) is 6.10. The number of anilines is 2. The summed E-state index contributed by atoms with van der Waals surface area (Å²) >= 11 is 0. The minimum atomic E-state index is -1.60. The molecule has 1 aromatic heterocycles. The molecule has 0 radical (unpaired) electrons. The van der Waals surface area contributed by atoms with Gasteiger partial charge in [0.15, 0.2) is 17.5 Å². The maximum absolute atomic E-state index is 13.7. The van der Waals surface area contributed by atoms with Gasteiger partial charge in [-0.25, -0.2) is 18.2 Å². The number of aromatic nitrogens is 1. The molecule has 2 heterocycles. The van der Waals surface area contributed by atoms with Crippen molar-refractivity contribution in [1.82, 2.24) is 9.88 Å². The molecule has 1 saturated heterocycles. The monoisotopic (exact) mass is 364 g/mol. The van der Waals surface area contributed by atoms with Gasteiger partial charge in [-0.15, -0.1) is 0 Å². The molecule has 1 atom stereocenters. The molecule has 5 nitrogen and oxygen atoms in total. The molecule has 1 aliphatic heterocycles. The Morgan fingerprint density at radius 1 is 1.08 bits per heavy atom. The summed E-state index contributed by atoms with van der Waals surface area (Å²) in [5.41, 5.74) is -0.368. The van der Waals surface area contributed by atoms with Crippen LogP contribution < -0.4 is 10.2 Å². The normalized spacial score (nSPS) is 16.4. The summed E-state index contributed by atoms with van der Waals surface area (Å²) in [4.78, 5) is 20.7. The van der Waals surface area contributed by atoms with E-state index in [1.165, 1.54) is 0 Å². The van der Waals surface area contributed by atoms with E-state index >= 15 is 0 Å². The number of carbonyl (C=O) groups excluding carboxylic acids is 1. The number of benzene rings is 1. The fraction of sp³-hybridized carbons (Fsp3) is 0.333. The minimum absolute atomic E-state index is 0.368. The Morgan fingerprint density at radius 3 is 2.46 bits per heavy atom. The lowest BCUT2D eigenvalue weighted by atomic mass is 10.2. The quantitative estimate of drug-likeness (QED) is 0.848. The van der Waals surface area contributed by atoms with Crippen LogP contribution in [0.2, 0.25) is 0 Å². The molecule has 0 aliphatic carbocycles. The number of pyridine rings is 1. The average molecular weight is 364 g/mol. The smallest absolute Gasteiger partial charge is 0.241 e. The molecular formula is C18H19F3N4O. The maximum atomic E-state index is 13.7. The van der Waals surface area contributed by atoms with Crippen molar-refractivity contribution in [2.24, 2.45) is 0 Å². The minimum Gasteiger partial charge on any atom is -0.354 e. The number of nitrogens with zero attached hydrogens (tertiary/aromatic N) is 3. The van der Waals surface area contributed by atoms with E-state index in [-0.39, 0.29) is 5.69 Å². The Balaban J connectivity index is 1.59. The Kier molecular flexibility index (Phi) is 5.41. The molecule has 0 bridgehead atoms. The van der Waals surface area contributed by atoms with Crippen LogP contribution in [0.3, 0.4) is 0 Å². The number of amides is 1. The summed E-state index contributed by atoms with van der Waals surface area (Å²) in [5, 5.41) is 2.33. The Hall–Kier alpha value is -2.61. The standard InChI is InChI=1S/C18H19F3N4O/c1-12(18(26)23-14-6-5-13(19)16(20)17(14)21)24-8-10-25(11-9-24)15-4-2-3-7-22-15/h2-7,12H,8-11H2,1H3,(H,23,26)/t12-/m1/s1. The average Bonchev–Trinajstić information content (AvgIpc) is 2.68. The van der Waals surface area contributed by atoms with E-state index < -0.39 is 29.4 Å². The van der Waals surface area contributed by atoms with Gasteiger partial charge in [-0.1, -0.05) is 6.07 Å². The second-order valence-electron chi connectivity index (χ2n) is 6.10. The first kappa shape index (κ1) is 18.2. The molecule has 3 rings (SSSR count). The van der Waals surface area contributed by atoms with Gasteiger partial charge >= 0.3 is 0 Å². The lowest BCUT2D eigenvalue weighted by Gasteiger charge is -2.37. The van der Waals surface area contributed by atoms with Crippen molar-refractivity contribution in [2.75, 3.05) is 36.4 Å². The number of rotatable bonds is 4. The molecule has 1 N–H and O–H groups in total. The lowest BCUT2D eigenvalue weighted by molar-refractivity contribution is -0.120. The van der Waals surface area contributed by atoms with Crippen LogP contribution in [0.5, 0.6) is 0 Å².